The molecule has 0 aliphatic carbocycles. The van der Waals surface area contributed by atoms with Crippen LogP contribution in [0.15, 0.2) is 65.1 Å². The van der Waals surface area contributed by atoms with Gasteiger partial charge >= 0.3 is 6.18 Å². The second-order valence-corrected chi connectivity index (χ2v) is 8.98. The van der Waals surface area contributed by atoms with Crippen molar-refractivity contribution in [1.82, 2.24) is 9.47 Å². The largest absolute Gasteiger partial charge is 0.460 e. The second-order valence-electron chi connectivity index (χ2n) is 8.98. The molecule has 4 aromatic rings. The van der Waals surface area contributed by atoms with Crippen molar-refractivity contribution in [2.75, 3.05) is 31.1 Å². The van der Waals surface area contributed by atoms with Crippen LogP contribution in [0.25, 0.3) is 11.1 Å². The highest BCUT2D eigenvalue weighted by Gasteiger charge is 2.30. The predicted molar refractivity (Wildman–Crippen MR) is 129 cm³/mol. The Hall–Kier alpha value is -3.68. The molecule has 1 fully saturated rings. The first-order chi connectivity index (χ1) is 16.7. The molecule has 1 aliphatic heterocycles. The van der Waals surface area contributed by atoms with Crippen LogP contribution in [-0.4, -0.2) is 41.6 Å². The second kappa shape index (κ2) is 8.83. The van der Waals surface area contributed by atoms with Crippen LogP contribution in [0.3, 0.4) is 0 Å². The summed E-state index contributed by atoms with van der Waals surface area (Å²) in [5.74, 6) is 0.604. The van der Waals surface area contributed by atoms with Crippen molar-refractivity contribution in [1.29, 1.82) is 0 Å². The highest BCUT2D eigenvalue weighted by molar-refractivity contribution is 5.98. The van der Waals surface area contributed by atoms with Gasteiger partial charge in [-0.1, -0.05) is 30.3 Å². The van der Waals surface area contributed by atoms with E-state index >= 15 is 0 Å². The number of nitrogens with zero attached hydrogens (tertiary/aromatic N) is 3. The third-order valence-electron chi connectivity index (χ3n) is 6.58. The van der Waals surface area contributed by atoms with Gasteiger partial charge in [0, 0.05) is 50.5 Å². The topological polar surface area (TPSA) is 41.6 Å². The van der Waals surface area contributed by atoms with Crippen molar-refractivity contribution in [2.24, 2.45) is 0 Å². The van der Waals surface area contributed by atoms with Gasteiger partial charge in [-0.05, 0) is 43.2 Å². The number of para-hydroxylation sites is 1. The Morgan fingerprint density at radius 2 is 1.63 bits per heavy atom. The maximum atomic E-state index is 13.6. The third-order valence-corrected chi connectivity index (χ3v) is 6.58. The minimum atomic E-state index is -4.39. The molecule has 3 heterocycles. The van der Waals surface area contributed by atoms with Crippen LogP contribution < -0.4 is 4.90 Å². The zero-order valence-electron chi connectivity index (χ0n) is 19.6. The molecule has 0 N–H and O–H groups in total. The number of rotatable bonds is 4. The number of hydrogen-bond acceptors (Lipinski definition) is 3. The van der Waals surface area contributed by atoms with E-state index in [1.165, 1.54) is 23.4 Å². The zero-order chi connectivity index (χ0) is 24.7. The monoisotopic (exact) mass is 481 g/mol. The van der Waals surface area contributed by atoms with Crippen molar-refractivity contribution >= 4 is 22.7 Å². The van der Waals surface area contributed by atoms with E-state index < -0.39 is 11.7 Å². The average Bonchev–Trinajstić information content (AvgIpc) is 3.35. The molecule has 1 amide bonds. The van der Waals surface area contributed by atoms with Gasteiger partial charge in [0.2, 0.25) is 0 Å². The highest BCUT2D eigenvalue weighted by atomic mass is 19.4. The minimum Gasteiger partial charge on any atom is -0.460 e. The van der Waals surface area contributed by atoms with Crippen molar-refractivity contribution in [2.45, 2.75) is 26.6 Å². The first-order valence-electron chi connectivity index (χ1n) is 11.6. The van der Waals surface area contributed by atoms with Crippen LogP contribution in [0.2, 0.25) is 0 Å². The van der Waals surface area contributed by atoms with E-state index in [4.69, 9.17) is 4.42 Å². The number of aryl methyl sites for hydroxylation is 2. The summed E-state index contributed by atoms with van der Waals surface area (Å²) in [7, 11) is 0. The van der Waals surface area contributed by atoms with E-state index in [0.717, 1.165) is 30.7 Å². The van der Waals surface area contributed by atoms with E-state index in [0.29, 0.717) is 35.7 Å². The number of benzene rings is 2. The van der Waals surface area contributed by atoms with Gasteiger partial charge in [0.1, 0.15) is 11.5 Å². The maximum absolute atomic E-state index is 13.6. The molecule has 0 atom stereocenters. The Balaban J connectivity index is 1.38. The van der Waals surface area contributed by atoms with Gasteiger partial charge in [0.15, 0.2) is 5.58 Å². The number of carbonyl (C=O) groups is 1. The van der Waals surface area contributed by atoms with Gasteiger partial charge in [-0.3, -0.25) is 4.79 Å². The molecular weight excluding hydrogens is 455 g/mol. The molecule has 8 heteroatoms. The molecular formula is C27H26F3N3O2. The van der Waals surface area contributed by atoms with Crippen molar-refractivity contribution in [3.8, 4) is 0 Å². The Labute approximate surface area is 201 Å². The third kappa shape index (κ3) is 4.52. The van der Waals surface area contributed by atoms with E-state index in [1.807, 2.05) is 34.6 Å². The number of fused-ring (bicyclic) bond motifs is 1. The van der Waals surface area contributed by atoms with Crippen LogP contribution >= 0.6 is 0 Å². The van der Waals surface area contributed by atoms with Crippen LogP contribution in [0, 0.1) is 13.8 Å². The molecule has 0 bridgehead atoms. The number of carbonyl (C=O) groups excluding carboxylic acids is 1. The molecule has 1 saturated heterocycles. The van der Waals surface area contributed by atoms with Gasteiger partial charge in [-0.2, -0.15) is 13.2 Å². The number of anilines is 1. The lowest BCUT2D eigenvalue weighted by atomic mass is 10.1. The van der Waals surface area contributed by atoms with Crippen molar-refractivity contribution < 1.29 is 22.4 Å². The molecule has 2 aromatic heterocycles. The first-order valence-corrected chi connectivity index (χ1v) is 11.6. The molecule has 2 aromatic carbocycles. The van der Waals surface area contributed by atoms with Crippen LogP contribution in [-0.2, 0) is 12.7 Å². The smallest absolute Gasteiger partial charge is 0.416 e. The molecule has 0 unspecified atom stereocenters. The van der Waals surface area contributed by atoms with Crippen LogP contribution in [0.1, 0.15) is 32.9 Å². The zero-order valence-corrected chi connectivity index (χ0v) is 19.6. The summed E-state index contributed by atoms with van der Waals surface area (Å²) in [6.07, 6.45) is -4.39. The number of alkyl halides is 3. The highest BCUT2D eigenvalue weighted by Crippen LogP contribution is 2.30. The van der Waals surface area contributed by atoms with Gasteiger partial charge in [-0.15, -0.1) is 0 Å². The molecule has 35 heavy (non-hydrogen) atoms. The van der Waals surface area contributed by atoms with E-state index in [9.17, 15) is 18.0 Å². The summed E-state index contributed by atoms with van der Waals surface area (Å²) >= 11 is 0. The van der Waals surface area contributed by atoms with Gasteiger partial charge in [0.25, 0.3) is 5.91 Å². The molecule has 1 aliphatic rings. The molecule has 0 spiro atoms. The fraction of sp³-hybridized carbons (Fsp3) is 0.296. The predicted octanol–water partition coefficient (Wildman–Crippen LogP) is 5.88. The average molecular weight is 482 g/mol. The van der Waals surface area contributed by atoms with Gasteiger partial charge in [0.05, 0.1) is 11.1 Å². The number of furan rings is 1. The number of piperazine rings is 1. The van der Waals surface area contributed by atoms with E-state index in [-0.39, 0.29) is 12.5 Å². The molecule has 0 radical (unpaired) electrons. The van der Waals surface area contributed by atoms with Gasteiger partial charge in [-0.25, -0.2) is 0 Å². The number of amides is 1. The minimum absolute atomic E-state index is 0.106. The molecule has 0 saturated carbocycles. The number of hydrogen-bond donors (Lipinski definition) is 0. The van der Waals surface area contributed by atoms with Gasteiger partial charge < -0.3 is 18.8 Å². The molecule has 5 rings (SSSR count). The number of halogens is 3. The van der Waals surface area contributed by atoms with Crippen LogP contribution in [0.4, 0.5) is 18.9 Å². The molecule has 5 nitrogen and oxygen atoms in total. The summed E-state index contributed by atoms with van der Waals surface area (Å²) in [6, 6.07) is 16.9. The van der Waals surface area contributed by atoms with E-state index in [2.05, 4.69) is 24.0 Å². The summed E-state index contributed by atoms with van der Waals surface area (Å²) < 4.78 is 46.5. The summed E-state index contributed by atoms with van der Waals surface area (Å²) in [6.45, 7) is 6.80. The summed E-state index contributed by atoms with van der Waals surface area (Å²) in [4.78, 5) is 17.7. The van der Waals surface area contributed by atoms with E-state index in [1.54, 1.807) is 6.07 Å². The maximum Gasteiger partial charge on any atom is 0.416 e. The van der Waals surface area contributed by atoms with Crippen molar-refractivity contribution in [3.63, 3.8) is 0 Å². The fourth-order valence-corrected chi connectivity index (χ4v) is 4.72. The number of aromatic nitrogens is 1. The lowest BCUT2D eigenvalue weighted by Gasteiger charge is -2.37. The summed E-state index contributed by atoms with van der Waals surface area (Å²) in [5.41, 5.74) is 4.18. The Kier molecular flexibility index (Phi) is 5.83. The first kappa shape index (κ1) is 23.1. The Morgan fingerprint density at radius 1 is 0.943 bits per heavy atom. The SMILES string of the molecule is Cc1cc2c(cc(C(=O)N3CCN(c4ccccc4C)CC3)n2Cc2ccc(C(F)(F)F)cc2)o1. The normalized spacial score (nSPS) is 14.7. The van der Waals surface area contributed by atoms with Crippen LogP contribution in [0.5, 0.6) is 0 Å². The van der Waals surface area contributed by atoms with Crippen molar-refractivity contribution in [3.05, 3.63) is 88.8 Å². The Morgan fingerprint density at radius 3 is 2.29 bits per heavy atom. The standard InChI is InChI=1S/C27H26F3N3O2/c1-18-5-3-4-6-22(18)31-11-13-32(14-12-31)26(34)24-16-25-23(15-19(2)35-25)33(24)17-20-7-9-21(10-8-20)27(28,29)30/h3-10,15-16H,11-14,17H2,1-2H3. The lowest BCUT2D eigenvalue weighted by molar-refractivity contribution is -0.137. The quantitative estimate of drug-likeness (QED) is 0.366. The fourth-order valence-electron chi connectivity index (χ4n) is 4.72. The Bertz CT molecular complexity index is 1360. The summed E-state index contributed by atoms with van der Waals surface area (Å²) in [5, 5.41) is 0. The molecule has 182 valence electrons. The lowest BCUT2D eigenvalue weighted by Crippen LogP contribution is -2.49.